The number of nitrogens with one attached hydrogen (secondary N) is 1. The van der Waals surface area contributed by atoms with Gasteiger partial charge in [0.2, 0.25) is 0 Å². The molecule has 0 aromatic carbocycles. The maximum Gasteiger partial charge on any atom is 0.305 e. The van der Waals surface area contributed by atoms with Crippen molar-refractivity contribution in [1.82, 2.24) is 4.98 Å². The van der Waals surface area contributed by atoms with E-state index in [1.54, 1.807) is 25.4 Å². The Morgan fingerprint density at radius 2 is 2.50 bits per heavy atom. The van der Waals surface area contributed by atoms with E-state index >= 15 is 0 Å². The third-order valence-corrected chi connectivity index (χ3v) is 1.86. The second kappa shape index (κ2) is 4.57. The fourth-order valence-electron chi connectivity index (χ4n) is 1.12. The molecule has 0 saturated carbocycles. The Bertz CT molecular complexity index is 328. The van der Waals surface area contributed by atoms with Crippen molar-refractivity contribution in [2.24, 2.45) is 5.73 Å². The fraction of sp³-hybridized carbons (Fsp3) is 0.333. The van der Waals surface area contributed by atoms with Crippen LogP contribution in [0.1, 0.15) is 18.0 Å². The predicted octanol–water partition coefficient (Wildman–Crippen LogP) is 0.598. The van der Waals surface area contributed by atoms with Gasteiger partial charge < -0.3 is 16.2 Å². The molecule has 0 aliphatic rings. The van der Waals surface area contributed by atoms with Crippen LogP contribution in [0.15, 0.2) is 18.3 Å². The van der Waals surface area contributed by atoms with Crippen LogP contribution in [-0.4, -0.2) is 23.1 Å². The number of pyridine rings is 1. The quantitative estimate of drug-likeness (QED) is 0.654. The number of nitrogens with two attached hydrogens (primary N) is 1. The zero-order chi connectivity index (χ0) is 10.6. The van der Waals surface area contributed by atoms with E-state index in [1.165, 1.54) is 0 Å². The lowest BCUT2D eigenvalue weighted by atomic mass is 10.1. The normalized spacial score (nSPS) is 12.1. The first-order chi connectivity index (χ1) is 6.63. The number of nitrogens with zero attached hydrogens (tertiary/aromatic N) is 1. The van der Waals surface area contributed by atoms with Crippen molar-refractivity contribution in [3.8, 4) is 0 Å². The van der Waals surface area contributed by atoms with Crippen LogP contribution in [0.4, 0.5) is 5.82 Å². The highest BCUT2D eigenvalue weighted by Crippen LogP contribution is 2.15. The van der Waals surface area contributed by atoms with Crippen LogP contribution in [0.3, 0.4) is 0 Å². The number of carboxylic acid groups (broad SMARTS) is 1. The third kappa shape index (κ3) is 2.70. The molecule has 4 N–H and O–H groups in total. The van der Waals surface area contributed by atoms with Gasteiger partial charge >= 0.3 is 5.97 Å². The van der Waals surface area contributed by atoms with Crippen LogP contribution in [0.5, 0.6) is 0 Å². The third-order valence-electron chi connectivity index (χ3n) is 1.86. The molecule has 0 radical (unpaired) electrons. The van der Waals surface area contributed by atoms with Gasteiger partial charge in [-0.3, -0.25) is 4.79 Å². The van der Waals surface area contributed by atoms with Crippen LogP contribution >= 0.6 is 0 Å². The van der Waals surface area contributed by atoms with E-state index in [0.717, 1.165) is 5.56 Å². The van der Waals surface area contributed by atoms with Crippen LogP contribution < -0.4 is 11.1 Å². The molecule has 1 rings (SSSR count). The number of aliphatic carboxylic acids is 1. The van der Waals surface area contributed by atoms with Gasteiger partial charge in [0, 0.05) is 19.3 Å². The number of hydrogen-bond donors (Lipinski definition) is 3. The summed E-state index contributed by atoms with van der Waals surface area (Å²) >= 11 is 0. The maximum absolute atomic E-state index is 10.4. The molecule has 1 aromatic rings. The summed E-state index contributed by atoms with van der Waals surface area (Å²) < 4.78 is 0. The Balaban J connectivity index is 2.78. The second-order valence-electron chi connectivity index (χ2n) is 2.93. The van der Waals surface area contributed by atoms with Gasteiger partial charge in [-0.15, -0.1) is 0 Å². The standard InChI is InChI=1S/C9H13N3O2/c1-11-8-4-6(2-3-12-8)7(10)5-9(13)14/h2-4,7H,5,10H2,1H3,(H,11,12)(H,13,14). The number of carbonyl (C=O) groups is 1. The summed E-state index contributed by atoms with van der Waals surface area (Å²) in [5, 5.41) is 11.4. The van der Waals surface area contributed by atoms with Gasteiger partial charge in [-0.1, -0.05) is 0 Å². The molecule has 0 fully saturated rings. The van der Waals surface area contributed by atoms with Gasteiger partial charge in [0.1, 0.15) is 5.82 Å². The molecular weight excluding hydrogens is 182 g/mol. The van der Waals surface area contributed by atoms with Crippen LogP contribution in [0.25, 0.3) is 0 Å². The molecule has 5 nitrogen and oxygen atoms in total. The Morgan fingerprint density at radius 3 is 3.07 bits per heavy atom. The monoisotopic (exact) mass is 195 g/mol. The summed E-state index contributed by atoms with van der Waals surface area (Å²) in [5.41, 5.74) is 6.45. The van der Waals surface area contributed by atoms with E-state index < -0.39 is 12.0 Å². The van der Waals surface area contributed by atoms with E-state index in [9.17, 15) is 4.79 Å². The lowest BCUT2D eigenvalue weighted by molar-refractivity contribution is -0.137. The predicted molar refractivity (Wildman–Crippen MR) is 53.0 cm³/mol. The zero-order valence-corrected chi connectivity index (χ0v) is 7.90. The van der Waals surface area contributed by atoms with Crippen LogP contribution in [0.2, 0.25) is 0 Å². The van der Waals surface area contributed by atoms with Crippen molar-refractivity contribution in [3.63, 3.8) is 0 Å². The van der Waals surface area contributed by atoms with Crippen LogP contribution in [-0.2, 0) is 4.79 Å². The first-order valence-electron chi connectivity index (χ1n) is 4.24. The van der Waals surface area contributed by atoms with Gasteiger partial charge in [0.15, 0.2) is 0 Å². The molecule has 1 atom stereocenters. The van der Waals surface area contributed by atoms with Crippen LogP contribution in [0, 0.1) is 0 Å². The van der Waals surface area contributed by atoms with Gasteiger partial charge in [0.25, 0.3) is 0 Å². The number of carboxylic acids is 1. The minimum Gasteiger partial charge on any atom is -0.481 e. The van der Waals surface area contributed by atoms with Gasteiger partial charge in [0.05, 0.1) is 6.42 Å². The van der Waals surface area contributed by atoms with E-state index in [1.807, 2.05) is 0 Å². The summed E-state index contributed by atoms with van der Waals surface area (Å²) in [6.45, 7) is 0. The van der Waals surface area contributed by atoms with Gasteiger partial charge in [-0.25, -0.2) is 4.98 Å². The highest BCUT2D eigenvalue weighted by Gasteiger charge is 2.10. The van der Waals surface area contributed by atoms with E-state index in [-0.39, 0.29) is 6.42 Å². The van der Waals surface area contributed by atoms with Crippen molar-refractivity contribution in [3.05, 3.63) is 23.9 Å². The van der Waals surface area contributed by atoms with Crippen molar-refractivity contribution in [2.75, 3.05) is 12.4 Å². The fourth-order valence-corrected chi connectivity index (χ4v) is 1.12. The van der Waals surface area contributed by atoms with Crippen molar-refractivity contribution in [2.45, 2.75) is 12.5 Å². The SMILES string of the molecule is CNc1cc(C(N)CC(=O)O)ccn1. The Hall–Kier alpha value is -1.62. The summed E-state index contributed by atoms with van der Waals surface area (Å²) in [4.78, 5) is 14.4. The van der Waals surface area contributed by atoms with E-state index in [0.29, 0.717) is 5.82 Å². The minimum absolute atomic E-state index is 0.0762. The van der Waals surface area contributed by atoms with E-state index in [4.69, 9.17) is 10.8 Å². The summed E-state index contributed by atoms with van der Waals surface area (Å²) in [6.07, 6.45) is 1.52. The Morgan fingerprint density at radius 1 is 1.79 bits per heavy atom. The first kappa shape index (κ1) is 10.5. The summed E-state index contributed by atoms with van der Waals surface area (Å²) in [7, 11) is 1.74. The smallest absolute Gasteiger partial charge is 0.305 e. The minimum atomic E-state index is -0.902. The zero-order valence-electron chi connectivity index (χ0n) is 7.90. The molecule has 5 heteroatoms. The molecule has 14 heavy (non-hydrogen) atoms. The summed E-state index contributed by atoms with van der Waals surface area (Å²) in [6, 6.07) is 2.98. The van der Waals surface area contributed by atoms with Gasteiger partial charge in [-0.05, 0) is 17.7 Å². The molecule has 0 spiro atoms. The average Bonchev–Trinajstić information content (AvgIpc) is 2.17. The molecule has 0 aliphatic carbocycles. The van der Waals surface area contributed by atoms with E-state index in [2.05, 4.69) is 10.3 Å². The molecule has 1 aromatic heterocycles. The maximum atomic E-state index is 10.4. The Labute approximate surface area is 82.0 Å². The molecule has 1 heterocycles. The molecular formula is C9H13N3O2. The Kier molecular flexibility index (Phi) is 3.41. The number of aromatic nitrogens is 1. The second-order valence-corrected chi connectivity index (χ2v) is 2.93. The highest BCUT2D eigenvalue weighted by atomic mass is 16.4. The average molecular weight is 195 g/mol. The van der Waals surface area contributed by atoms with Crippen molar-refractivity contribution >= 4 is 11.8 Å². The lowest BCUT2D eigenvalue weighted by Crippen LogP contribution is -2.15. The number of anilines is 1. The lowest BCUT2D eigenvalue weighted by Gasteiger charge is -2.09. The largest absolute Gasteiger partial charge is 0.481 e. The molecule has 76 valence electrons. The molecule has 0 bridgehead atoms. The topological polar surface area (TPSA) is 88.2 Å². The molecule has 0 saturated heterocycles. The molecule has 0 aliphatic heterocycles. The van der Waals surface area contributed by atoms with Crippen molar-refractivity contribution < 1.29 is 9.90 Å². The molecule has 0 amide bonds. The number of hydrogen-bond acceptors (Lipinski definition) is 4. The van der Waals surface area contributed by atoms with Crippen molar-refractivity contribution in [1.29, 1.82) is 0 Å². The van der Waals surface area contributed by atoms with Gasteiger partial charge in [-0.2, -0.15) is 0 Å². The molecule has 1 unspecified atom stereocenters. The summed E-state index contributed by atoms with van der Waals surface area (Å²) in [5.74, 6) is -0.219. The number of rotatable bonds is 4. The first-order valence-corrected chi connectivity index (χ1v) is 4.24. The highest BCUT2D eigenvalue weighted by molar-refractivity contribution is 5.68.